The first-order valence-corrected chi connectivity index (χ1v) is 6.81. The second-order valence-corrected chi connectivity index (χ2v) is 5.39. The average molecular weight is 295 g/mol. The lowest BCUT2D eigenvalue weighted by molar-refractivity contribution is 0.222. The fourth-order valence-corrected chi connectivity index (χ4v) is 1.51. The summed E-state index contributed by atoms with van der Waals surface area (Å²) in [7, 11) is -3.37. The summed E-state index contributed by atoms with van der Waals surface area (Å²) in [5, 5.41) is 0. The van der Waals surface area contributed by atoms with E-state index in [1.165, 1.54) is 0 Å². The summed E-state index contributed by atoms with van der Waals surface area (Å²) in [5.41, 5.74) is 0. The molecule has 1 aromatic carbocycles. The minimum absolute atomic E-state index is 0.0227. The molecule has 0 N–H and O–H groups in total. The molecule has 1 rings (SSSR count). The summed E-state index contributed by atoms with van der Waals surface area (Å²) in [6.07, 6.45) is 1.01. The molecule has 0 aliphatic carbocycles. The van der Waals surface area contributed by atoms with Gasteiger partial charge in [0.1, 0.15) is 19.0 Å². The van der Waals surface area contributed by atoms with E-state index in [0.717, 1.165) is 10.7 Å². The second-order valence-electron chi connectivity index (χ2n) is 2.83. The van der Waals surface area contributed by atoms with Crippen LogP contribution in [0.15, 0.2) is 28.7 Å². The van der Waals surface area contributed by atoms with Crippen LogP contribution in [0, 0.1) is 0 Å². The quantitative estimate of drug-likeness (QED) is 0.614. The molecule has 0 heterocycles. The molecule has 0 aliphatic heterocycles. The Bertz CT molecular complexity index is 399. The Morgan fingerprint density at radius 3 is 2.33 bits per heavy atom. The fourth-order valence-electron chi connectivity index (χ4n) is 0.876. The van der Waals surface area contributed by atoms with Crippen molar-refractivity contribution in [1.29, 1.82) is 0 Å². The first-order valence-electron chi connectivity index (χ1n) is 4.20. The van der Waals surface area contributed by atoms with E-state index < -0.39 is 10.1 Å². The predicted molar refractivity (Wildman–Crippen MR) is 60.4 cm³/mol. The van der Waals surface area contributed by atoms with Crippen molar-refractivity contribution in [1.82, 2.24) is 0 Å². The van der Waals surface area contributed by atoms with Gasteiger partial charge in [0.25, 0.3) is 10.1 Å². The average Bonchev–Trinajstić information content (AvgIpc) is 2.14. The maximum atomic E-state index is 10.6. The molecule has 0 saturated carbocycles. The highest BCUT2D eigenvalue weighted by molar-refractivity contribution is 9.10. The fraction of sp³-hybridized carbons (Fsp3) is 0.333. The molecular weight excluding hydrogens is 284 g/mol. The van der Waals surface area contributed by atoms with Gasteiger partial charge in [0.2, 0.25) is 0 Å². The third-order valence-electron chi connectivity index (χ3n) is 1.46. The topological polar surface area (TPSA) is 52.6 Å². The van der Waals surface area contributed by atoms with E-state index in [1.807, 2.05) is 12.1 Å². The zero-order valence-electron chi connectivity index (χ0n) is 8.14. The molecule has 0 spiro atoms. The van der Waals surface area contributed by atoms with Crippen molar-refractivity contribution < 1.29 is 17.3 Å². The van der Waals surface area contributed by atoms with Crippen LogP contribution in [0.1, 0.15) is 0 Å². The smallest absolute Gasteiger partial charge is 0.264 e. The molecule has 0 amide bonds. The molecule has 0 unspecified atom stereocenters. The molecule has 1 aromatic rings. The standard InChI is InChI=1S/C9H11BrO4S/c1-15(11,12)14-7-6-13-9-4-2-8(10)3-5-9/h2-5H,6-7H2,1H3. The molecule has 0 fully saturated rings. The van der Waals surface area contributed by atoms with Crippen LogP contribution in [0.5, 0.6) is 5.75 Å². The van der Waals surface area contributed by atoms with Gasteiger partial charge in [-0.1, -0.05) is 15.9 Å². The summed E-state index contributed by atoms with van der Waals surface area (Å²) in [6.45, 7) is 0.226. The van der Waals surface area contributed by atoms with Gasteiger partial charge in [0, 0.05) is 4.47 Å². The SMILES string of the molecule is CS(=O)(=O)OCCOc1ccc(Br)cc1. The molecule has 0 radical (unpaired) electrons. The number of hydrogen-bond donors (Lipinski definition) is 0. The van der Waals surface area contributed by atoms with Crippen molar-refractivity contribution in [3.8, 4) is 5.75 Å². The Hall–Kier alpha value is -0.590. The van der Waals surface area contributed by atoms with E-state index in [-0.39, 0.29) is 13.2 Å². The number of hydrogen-bond acceptors (Lipinski definition) is 4. The summed E-state index contributed by atoms with van der Waals surface area (Å²) in [6, 6.07) is 7.24. The highest BCUT2D eigenvalue weighted by Gasteiger charge is 2.01. The maximum absolute atomic E-state index is 10.6. The molecule has 15 heavy (non-hydrogen) atoms. The van der Waals surface area contributed by atoms with Crippen LogP contribution < -0.4 is 4.74 Å². The largest absolute Gasteiger partial charge is 0.491 e. The Kier molecular flexibility index (Phi) is 4.56. The van der Waals surface area contributed by atoms with Gasteiger partial charge in [-0.05, 0) is 24.3 Å². The summed E-state index contributed by atoms with van der Waals surface area (Å²) >= 11 is 3.29. The lowest BCUT2D eigenvalue weighted by Gasteiger charge is -2.05. The number of benzene rings is 1. The van der Waals surface area contributed by atoms with Gasteiger partial charge in [-0.25, -0.2) is 0 Å². The molecule has 84 valence electrons. The van der Waals surface area contributed by atoms with Crippen LogP contribution in [0.2, 0.25) is 0 Å². The third kappa shape index (κ3) is 5.76. The van der Waals surface area contributed by atoms with Crippen LogP contribution in [-0.4, -0.2) is 27.9 Å². The second kappa shape index (κ2) is 5.48. The summed E-state index contributed by atoms with van der Waals surface area (Å²) < 4.78 is 31.9. The van der Waals surface area contributed by atoms with Gasteiger partial charge in [-0.2, -0.15) is 8.42 Å². The molecule has 4 nitrogen and oxygen atoms in total. The van der Waals surface area contributed by atoms with Crippen LogP contribution in [0.25, 0.3) is 0 Å². The van der Waals surface area contributed by atoms with Gasteiger partial charge < -0.3 is 4.74 Å². The van der Waals surface area contributed by atoms with E-state index >= 15 is 0 Å². The lowest BCUT2D eigenvalue weighted by Crippen LogP contribution is -2.11. The molecule has 6 heteroatoms. The van der Waals surface area contributed by atoms with Gasteiger partial charge in [0.05, 0.1) is 6.26 Å². The minimum Gasteiger partial charge on any atom is -0.491 e. The molecule has 0 saturated heterocycles. The predicted octanol–water partition coefficient (Wildman–Crippen LogP) is 1.80. The van der Waals surface area contributed by atoms with Crippen LogP contribution in [-0.2, 0) is 14.3 Å². The summed E-state index contributed by atoms with van der Waals surface area (Å²) in [4.78, 5) is 0. The van der Waals surface area contributed by atoms with E-state index in [0.29, 0.717) is 5.75 Å². The first-order chi connectivity index (χ1) is 6.97. The van der Waals surface area contributed by atoms with Crippen molar-refractivity contribution in [2.45, 2.75) is 0 Å². The number of ether oxygens (including phenoxy) is 1. The lowest BCUT2D eigenvalue weighted by atomic mass is 10.3. The zero-order chi connectivity index (χ0) is 11.3. The molecule has 0 atom stereocenters. The molecule has 0 aliphatic rings. The van der Waals surface area contributed by atoms with Gasteiger partial charge in [-0.3, -0.25) is 4.18 Å². The normalized spacial score (nSPS) is 11.3. The number of rotatable bonds is 5. The summed E-state index contributed by atoms with van der Waals surface area (Å²) in [5.74, 6) is 0.676. The molecule has 0 bridgehead atoms. The highest BCUT2D eigenvalue weighted by atomic mass is 79.9. The van der Waals surface area contributed by atoms with Crippen molar-refractivity contribution in [3.05, 3.63) is 28.7 Å². The van der Waals surface area contributed by atoms with E-state index in [4.69, 9.17) is 4.74 Å². The zero-order valence-corrected chi connectivity index (χ0v) is 10.5. The van der Waals surface area contributed by atoms with Crippen molar-refractivity contribution in [2.24, 2.45) is 0 Å². The van der Waals surface area contributed by atoms with Crippen molar-refractivity contribution >= 4 is 26.0 Å². The van der Waals surface area contributed by atoms with E-state index in [1.54, 1.807) is 12.1 Å². The van der Waals surface area contributed by atoms with Crippen LogP contribution >= 0.6 is 15.9 Å². The van der Waals surface area contributed by atoms with Crippen LogP contribution in [0.3, 0.4) is 0 Å². The number of halogens is 1. The monoisotopic (exact) mass is 294 g/mol. The maximum Gasteiger partial charge on any atom is 0.264 e. The van der Waals surface area contributed by atoms with Crippen molar-refractivity contribution in [3.63, 3.8) is 0 Å². The third-order valence-corrected chi connectivity index (χ3v) is 2.59. The van der Waals surface area contributed by atoms with Crippen molar-refractivity contribution in [2.75, 3.05) is 19.5 Å². The Labute approximate surface area is 97.5 Å². The van der Waals surface area contributed by atoms with E-state index in [2.05, 4.69) is 20.1 Å². The van der Waals surface area contributed by atoms with Gasteiger partial charge in [-0.15, -0.1) is 0 Å². The highest BCUT2D eigenvalue weighted by Crippen LogP contribution is 2.15. The Morgan fingerprint density at radius 2 is 1.80 bits per heavy atom. The van der Waals surface area contributed by atoms with E-state index in [9.17, 15) is 8.42 Å². The molecular formula is C9H11BrO4S. The molecule has 0 aromatic heterocycles. The first kappa shape index (κ1) is 12.5. The Balaban J connectivity index is 2.29. The van der Waals surface area contributed by atoms with Gasteiger partial charge in [0.15, 0.2) is 0 Å². The van der Waals surface area contributed by atoms with Crippen LogP contribution in [0.4, 0.5) is 0 Å². The Morgan fingerprint density at radius 1 is 1.20 bits per heavy atom. The minimum atomic E-state index is -3.37. The van der Waals surface area contributed by atoms with Gasteiger partial charge >= 0.3 is 0 Å².